The van der Waals surface area contributed by atoms with Crippen LogP contribution in [0.4, 0.5) is 0 Å². The lowest BCUT2D eigenvalue weighted by molar-refractivity contribution is -0.131. The Labute approximate surface area is 165 Å². The van der Waals surface area contributed by atoms with Crippen LogP contribution in [0.2, 0.25) is 0 Å². The molecule has 1 amide bonds. The summed E-state index contributed by atoms with van der Waals surface area (Å²) in [6, 6.07) is 18.9. The van der Waals surface area contributed by atoms with Crippen LogP contribution >= 0.6 is 0 Å². The van der Waals surface area contributed by atoms with E-state index in [9.17, 15) is 4.79 Å². The predicted octanol–water partition coefficient (Wildman–Crippen LogP) is 2.94. The highest BCUT2D eigenvalue weighted by Gasteiger charge is 2.22. The minimum absolute atomic E-state index is 0.255. The van der Waals surface area contributed by atoms with Crippen molar-refractivity contribution in [3.05, 3.63) is 78.4 Å². The number of carbonyl (C=O) groups excluding carboxylic acids is 1. The van der Waals surface area contributed by atoms with E-state index in [0.717, 1.165) is 31.6 Å². The van der Waals surface area contributed by atoms with E-state index in [-0.39, 0.29) is 5.91 Å². The number of nitrogens with zero attached hydrogens (tertiary/aromatic N) is 4. The van der Waals surface area contributed by atoms with Crippen LogP contribution in [-0.4, -0.2) is 38.2 Å². The summed E-state index contributed by atoms with van der Waals surface area (Å²) in [4.78, 5) is 18.4. The first-order valence-electron chi connectivity index (χ1n) is 9.77. The Morgan fingerprint density at radius 1 is 1.00 bits per heavy atom. The van der Waals surface area contributed by atoms with Gasteiger partial charge in [-0.15, -0.1) is 0 Å². The molecule has 0 unspecified atom stereocenters. The summed E-state index contributed by atoms with van der Waals surface area (Å²) in [6.07, 6.45) is 5.70. The fourth-order valence-corrected chi connectivity index (χ4v) is 3.58. The largest absolute Gasteiger partial charge is 0.338 e. The standard InChI is InChI=1S/C22H25N5O/c28-22-11-8-20(12-13-26(22)15-19-4-2-1-3-5-19)24-14-18-6-9-21(10-7-18)27-17-23-16-25-27/h1-7,9-10,16-17,20,24H,8,11-15H2/t20-/m0/s1. The summed E-state index contributed by atoms with van der Waals surface area (Å²) < 4.78 is 1.75. The van der Waals surface area contributed by atoms with E-state index in [4.69, 9.17) is 0 Å². The van der Waals surface area contributed by atoms with Gasteiger partial charge < -0.3 is 10.2 Å². The monoisotopic (exact) mass is 375 g/mol. The van der Waals surface area contributed by atoms with Crippen LogP contribution in [-0.2, 0) is 17.9 Å². The Balaban J connectivity index is 1.29. The van der Waals surface area contributed by atoms with Crippen molar-refractivity contribution < 1.29 is 4.79 Å². The summed E-state index contributed by atoms with van der Waals surface area (Å²) in [7, 11) is 0. The molecule has 1 fully saturated rings. The minimum Gasteiger partial charge on any atom is -0.338 e. The van der Waals surface area contributed by atoms with Gasteiger partial charge in [0.25, 0.3) is 0 Å². The molecular formula is C22H25N5O. The molecule has 1 atom stereocenters. The Hall–Kier alpha value is -2.99. The van der Waals surface area contributed by atoms with E-state index in [1.165, 1.54) is 17.5 Å². The molecular weight excluding hydrogens is 350 g/mol. The number of amides is 1. The first-order valence-corrected chi connectivity index (χ1v) is 9.77. The van der Waals surface area contributed by atoms with E-state index < -0.39 is 0 Å². The van der Waals surface area contributed by atoms with Gasteiger partial charge in [0.1, 0.15) is 12.7 Å². The van der Waals surface area contributed by atoms with Gasteiger partial charge in [0, 0.05) is 32.1 Å². The van der Waals surface area contributed by atoms with Crippen molar-refractivity contribution in [1.29, 1.82) is 0 Å². The van der Waals surface area contributed by atoms with E-state index >= 15 is 0 Å². The van der Waals surface area contributed by atoms with Crippen LogP contribution < -0.4 is 5.32 Å². The van der Waals surface area contributed by atoms with E-state index in [1.54, 1.807) is 11.0 Å². The maximum Gasteiger partial charge on any atom is 0.222 e. The van der Waals surface area contributed by atoms with E-state index in [1.807, 2.05) is 35.2 Å². The second kappa shape index (κ2) is 8.80. The number of aromatic nitrogens is 3. The van der Waals surface area contributed by atoms with Crippen LogP contribution in [0.3, 0.4) is 0 Å². The third-order valence-electron chi connectivity index (χ3n) is 5.24. The third-order valence-corrected chi connectivity index (χ3v) is 5.24. The van der Waals surface area contributed by atoms with Crippen LogP contribution in [0, 0.1) is 0 Å². The number of benzene rings is 2. The number of hydrogen-bond donors (Lipinski definition) is 1. The summed E-state index contributed by atoms with van der Waals surface area (Å²) in [5.41, 5.74) is 3.41. The predicted molar refractivity (Wildman–Crippen MR) is 108 cm³/mol. The maximum absolute atomic E-state index is 12.5. The number of rotatable bonds is 6. The lowest BCUT2D eigenvalue weighted by atomic mass is 10.1. The molecule has 0 bridgehead atoms. The molecule has 4 rings (SSSR count). The normalized spacial score (nSPS) is 17.5. The quantitative estimate of drug-likeness (QED) is 0.720. The van der Waals surface area contributed by atoms with Crippen molar-refractivity contribution in [2.24, 2.45) is 0 Å². The average molecular weight is 375 g/mol. The zero-order valence-corrected chi connectivity index (χ0v) is 15.9. The van der Waals surface area contributed by atoms with Gasteiger partial charge in [0.05, 0.1) is 5.69 Å². The van der Waals surface area contributed by atoms with Gasteiger partial charge in [-0.3, -0.25) is 4.79 Å². The van der Waals surface area contributed by atoms with E-state index in [2.05, 4.69) is 39.7 Å². The fourth-order valence-electron chi connectivity index (χ4n) is 3.58. The molecule has 2 heterocycles. The molecule has 1 aliphatic heterocycles. The number of hydrogen-bond acceptors (Lipinski definition) is 4. The Morgan fingerprint density at radius 3 is 2.57 bits per heavy atom. The van der Waals surface area contributed by atoms with Crippen LogP contribution in [0.1, 0.15) is 30.4 Å². The molecule has 6 nitrogen and oxygen atoms in total. The Bertz CT molecular complexity index is 877. The van der Waals surface area contributed by atoms with Gasteiger partial charge in [-0.2, -0.15) is 5.10 Å². The van der Waals surface area contributed by atoms with Crippen molar-refractivity contribution in [2.45, 2.75) is 38.4 Å². The summed E-state index contributed by atoms with van der Waals surface area (Å²) >= 11 is 0. The first-order chi connectivity index (χ1) is 13.8. The number of nitrogens with one attached hydrogen (secondary N) is 1. The van der Waals surface area contributed by atoms with Crippen LogP contribution in [0.15, 0.2) is 67.3 Å². The van der Waals surface area contributed by atoms with Crippen LogP contribution in [0.25, 0.3) is 5.69 Å². The molecule has 0 radical (unpaired) electrons. The average Bonchev–Trinajstić information content (AvgIpc) is 3.22. The first kappa shape index (κ1) is 18.4. The molecule has 0 aliphatic carbocycles. The molecule has 0 spiro atoms. The maximum atomic E-state index is 12.5. The van der Waals surface area contributed by atoms with Crippen molar-refractivity contribution >= 4 is 5.91 Å². The van der Waals surface area contributed by atoms with Crippen molar-refractivity contribution in [2.75, 3.05) is 6.54 Å². The fraction of sp³-hybridized carbons (Fsp3) is 0.318. The smallest absolute Gasteiger partial charge is 0.222 e. The number of carbonyl (C=O) groups is 1. The molecule has 2 aromatic carbocycles. The van der Waals surface area contributed by atoms with Gasteiger partial charge in [0.15, 0.2) is 0 Å². The lowest BCUT2D eigenvalue weighted by Gasteiger charge is -2.21. The molecule has 6 heteroatoms. The lowest BCUT2D eigenvalue weighted by Crippen LogP contribution is -2.31. The molecule has 28 heavy (non-hydrogen) atoms. The molecule has 144 valence electrons. The molecule has 1 aliphatic rings. The highest BCUT2D eigenvalue weighted by atomic mass is 16.2. The highest BCUT2D eigenvalue weighted by Crippen LogP contribution is 2.16. The third kappa shape index (κ3) is 4.64. The zero-order chi connectivity index (χ0) is 19.2. The number of likely N-dealkylation sites (tertiary alicyclic amines) is 1. The van der Waals surface area contributed by atoms with Crippen molar-refractivity contribution in [3.8, 4) is 5.69 Å². The molecule has 3 aromatic rings. The minimum atomic E-state index is 0.255. The topological polar surface area (TPSA) is 63.1 Å². The molecule has 1 N–H and O–H groups in total. The van der Waals surface area contributed by atoms with Crippen molar-refractivity contribution in [1.82, 2.24) is 25.0 Å². The molecule has 1 aromatic heterocycles. The highest BCUT2D eigenvalue weighted by molar-refractivity contribution is 5.76. The van der Waals surface area contributed by atoms with Crippen molar-refractivity contribution in [3.63, 3.8) is 0 Å². The molecule has 0 saturated carbocycles. The van der Waals surface area contributed by atoms with E-state index in [0.29, 0.717) is 19.0 Å². The van der Waals surface area contributed by atoms with Gasteiger partial charge in [-0.1, -0.05) is 42.5 Å². The Kier molecular flexibility index (Phi) is 5.77. The second-order valence-electron chi connectivity index (χ2n) is 7.21. The second-order valence-corrected chi connectivity index (χ2v) is 7.21. The summed E-state index contributed by atoms with van der Waals surface area (Å²) in [5.74, 6) is 0.255. The summed E-state index contributed by atoms with van der Waals surface area (Å²) in [6.45, 7) is 2.31. The SMILES string of the molecule is O=C1CC[C@H](NCc2ccc(-n3cncn3)cc2)CCN1Cc1ccccc1. The van der Waals surface area contributed by atoms with Gasteiger partial charge in [-0.05, 0) is 36.1 Å². The van der Waals surface area contributed by atoms with Gasteiger partial charge >= 0.3 is 0 Å². The summed E-state index contributed by atoms with van der Waals surface area (Å²) in [5, 5.41) is 7.77. The van der Waals surface area contributed by atoms with Gasteiger partial charge in [0.2, 0.25) is 5.91 Å². The molecule has 1 saturated heterocycles. The Morgan fingerprint density at radius 2 is 1.82 bits per heavy atom. The van der Waals surface area contributed by atoms with Crippen LogP contribution in [0.5, 0.6) is 0 Å². The zero-order valence-electron chi connectivity index (χ0n) is 15.9. The van der Waals surface area contributed by atoms with Gasteiger partial charge in [-0.25, -0.2) is 9.67 Å².